The van der Waals surface area contributed by atoms with Crippen LogP contribution in [0.3, 0.4) is 0 Å². The SMILES string of the molecule is CCC(C)C(=O)OC(C)c1cc2cccc3ccc4cccc1c4c32. The summed E-state index contributed by atoms with van der Waals surface area (Å²) in [6.07, 6.45) is 0.526. The van der Waals surface area contributed by atoms with Gasteiger partial charge in [0.2, 0.25) is 0 Å². The lowest BCUT2D eigenvalue weighted by atomic mass is 9.90. The molecular formula is C23H22O2. The molecule has 0 radical (unpaired) electrons. The summed E-state index contributed by atoms with van der Waals surface area (Å²) in [5, 5.41) is 7.40. The molecule has 0 saturated carbocycles. The Labute approximate surface area is 147 Å². The second-order valence-corrected chi connectivity index (χ2v) is 6.90. The van der Waals surface area contributed by atoms with Gasteiger partial charge in [-0.25, -0.2) is 0 Å². The van der Waals surface area contributed by atoms with E-state index in [2.05, 4.69) is 54.6 Å². The Bertz CT molecular complexity index is 1060. The summed E-state index contributed by atoms with van der Waals surface area (Å²) >= 11 is 0. The molecule has 0 amide bonds. The van der Waals surface area contributed by atoms with Crippen LogP contribution in [0.5, 0.6) is 0 Å². The first-order valence-electron chi connectivity index (χ1n) is 8.97. The molecular weight excluding hydrogens is 308 g/mol. The Hall–Kier alpha value is -2.61. The Balaban J connectivity index is 1.93. The van der Waals surface area contributed by atoms with Crippen molar-refractivity contribution in [2.24, 2.45) is 5.92 Å². The Kier molecular flexibility index (Phi) is 3.84. The molecule has 0 saturated heterocycles. The van der Waals surface area contributed by atoms with Crippen LogP contribution in [0.25, 0.3) is 32.3 Å². The maximum atomic E-state index is 12.3. The molecule has 0 heterocycles. The summed E-state index contributed by atoms with van der Waals surface area (Å²) < 4.78 is 5.78. The zero-order chi connectivity index (χ0) is 17.6. The molecule has 4 aromatic rings. The zero-order valence-electron chi connectivity index (χ0n) is 14.9. The van der Waals surface area contributed by atoms with Crippen molar-refractivity contribution >= 4 is 38.3 Å². The van der Waals surface area contributed by atoms with E-state index in [9.17, 15) is 4.79 Å². The van der Waals surface area contributed by atoms with Crippen molar-refractivity contribution in [1.82, 2.24) is 0 Å². The van der Waals surface area contributed by atoms with Gasteiger partial charge in [0.1, 0.15) is 6.10 Å². The van der Waals surface area contributed by atoms with Gasteiger partial charge >= 0.3 is 5.97 Å². The number of carbonyl (C=O) groups is 1. The van der Waals surface area contributed by atoms with Crippen molar-refractivity contribution in [3.63, 3.8) is 0 Å². The standard InChI is InChI=1S/C23H22O2/c1-4-14(2)23(24)25-15(3)20-13-18-9-5-7-16-11-12-17-8-6-10-19(20)22(17)21(16)18/h5-15H,4H2,1-3H3. The quantitative estimate of drug-likeness (QED) is 0.327. The maximum Gasteiger partial charge on any atom is 0.309 e. The number of hydrogen-bond donors (Lipinski definition) is 0. The molecule has 2 heteroatoms. The van der Waals surface area contributed by atoms with Crippen LogP contribution in [0.4, 0.5) is 0 Å². The third-order valence-corrected chi connectivity index (χ3v) is 5.29. The van der Waals surface area contributed by atoms with Crippen LogP contribution in [-0.4, -0.2) is 5.97 Å². The third-order valence-electron chi connectivity index (χ3n) is 5.29. The largest absolute Gasteiger partial charge is 0.458 e. The van der Waals surface area contributed by atoms with Crippen LogP contribution in [0, 0.1) is 5.92 Å². The van der Waals surface area contributed by atoms with E-state index in [1.54, 1.807) is 0 Å². The molecule has 0 bridgehead atoms. The minimum atomic E-state index is -0.268. The third kappa shape index (κ3) is 2.53. The highest BCUT2D eigenvalue weighted by Gasteiger charge is 2.20. The molecule has 2 unspecified atom stereocenters. The highest BCUT2D eigenvalue weighted by Crippen LogP contribution is 2.39. The molecule has 0 N–H and O–H groups in total. The van der Waals surface area contributed by atoms with Gasteiger partial charge < -0.3 is 4.74 Å². The lowest BCUT2D eigenvalue weighted by Crippen LogP contribution is -2.16. The molecule has 4 rings (SSSR count). The molecule has 2 atom stereocenters. The van der Waals surface area contributed by atoms with Crippen molar-refractivity contribution in [2.75, 3.05) is 0 Å². The lowest BCUT2D eigenvalue weighted by Gasteiger charge is -2.20. The fraction of sp³-hybridized carbons (Fsp3) is 0.261. The smallest absolute Gasteiger partial charge is 0.309 e. The van der Waals surface area contributed by atoms with Crippen molar-refractivity contribution in [2.45, 2.75) is 33.3 Å². The number of carbonyl (C=O) groups excluding carboxylic acids is 1. The first kappa shape index (κ1) is 15.9. The highest BCUT2D eigenvalue weighted by atomic mass is 16.5. The number of rotatable bonds is 4. The molecule has 0 fully saturated rings. The van der Waals surface area contributed by atoms with Gasteiger partial charge in [-0.15, -0.1) is 0 Å². The molecule has 2 nitrogen and oxygen atoms in total. The molecule has 0 aliphatic rings. The van der Waals surface area contributed by atoms with Crippen LogP contribution >= 0.6 is 0 Å². The van der Waals surface area contributed by atoms with Gasteiger partial charge in [-0.3, -0.25) is 4.79 Å². The van der Waals surface area contributed by atoms with Gasteiger partial charge in [-0.2, -0.15) is 0 Å². The van der Waals surface area contributed by atoms with Crippen LogP contribution in [0.1, 0.15) is 38.9 Å². The van der Waals surface area contributed by atoms with E-state index >= 15 is 0 Å². The zero-order valence-corrected chi connectivity index (χ0v) is 14.9. The Morgan fingerprint density at radius 2 is 1.56 bits per heavy atom. The Morgan fingerprint density at radius 1 is 0.920 bits per heavy atom. The average Bonchev–Trinajstić information content (AvgIpc) is 2.65. The monoisotopic (exact) mass is 330 g/mol. The molecule has 0 spiro atoms. The van der Waals surface area contributed by atoms with Gasteiger partial charge in [0, 0.05) is 5.56 Å². The summed E-state index contributed by atoms with van der Waals surface area (Å²) in [5.74, 6) is -0.196. The van der Waals surface area contributed by atoms with Crippen LogP contribution in [-0.2, 0) is 9.53 Å². The first-order valence-corrected chi connectivity index (χ1v) is 8.97. The topological polar surface area (TPSA) is 26.3 Å². The molecule has 126 valence electrons. The van der Waals surface area contributed by atoms with Crippen LogP contribution in [0.15, 0.2) is 54.6 Å². The lowest BCUT2D eigenvalue weighted by molar-refractivity contribution is -0.153. The molecule has 25 heavy (non-hydrogen) atoms. The normalized spacial score (nSPS) is 14.2. The van der Waals surface area contributed by atoms with Crippen molar-refractivity contribution in [1.29, 1.82) is 0 Å². The predicted molar refractivity (Wildman–Crippen MR) is 104 cm³/mol. The fourth-order valence-electron chi connectivity index (χ4n) is 3.65. The molecule has 0 aliphatic carbocycles. The summed E-state index contributed by atoms with van der Waals surface area (Å²) in [7, 11) is 0. The number of ether oxygens (including phenoxy) is 1. The van der Waals surface area contributed by atoms with Gasteiger partial charge in [-0.1, -0.05) is 62.4 Å². The minimum absolute atomic E-state index is 0.0712. The maximum absolute atomic E-state index is 12.3. The fourth-order valence-corrected chi connectivity index (χ4v) is 3.65. The van der Waals surface area contributed by atoms with Crippen molar-refractivity contribution in [3.05, 3.63) is 60.2 Å². The number of benzene rings is 4. The van der Waals surface area contributed by atoms with E-state index in [4.69, 9.17) is 4.74 Å². The summed E-state index contributed by atoms with van der Waals surface area (Å²) in [4.78, 5) is 12.3. The van der Waals surface area contributed by atoms with E-state index in [1.165, 1.54) is 32.3 Å². The van der Waals surface area contributed by atoms with E-state index < -0.39 is 0 Å². The summed E-state index contributed by atoms with van der Waals surface area (Å²) in [6.45, 7) is 5.90. The van der Waals surface area contributed by atoms with E-state index in [0.29, 0.717) is 0 Å². The summed E-state index contributed by atoms with van der Waals surface area (Å²) in [6, 6.07) is 19.3. The van der Waals surface area contributed by atoms with Crippen LogP contribution in [0.2, 0.25) is 0 Å². The van der Waals surface area contributed by atoms with Crippen molar-refractivity contribution in [3.8, 4) is 0 Å². The molecule has 0 aromatic heterocycles. The number of hydrogen-bond acceptors (Lipinski definition) is 2. The van der Waals surface area contributed by atoms with Crippen molar-refractivity contribution < 1.29 is 9.53 Å². The molecule has 0 aliphatic heterocycles. The van der Waals surface area contributed by atoms with Gasteiger partial charge in [-0.05, 0) is 51.7 Å². The van der Waals surface area contributed by atoms with Crippen LogP contribution < -0.4 is 0 Å². The average molecular weight is 330 g/mol. The number of esters is 1. The highest BCUT2D eigenvalue weighted by molar-refractivity contribution is 6.23. The van der Waals surface area contributed by atoms with E-state index in [-0.39, 0.29) is 18.0 Å². The second kappa shape index (κ2) is 6.03. The Morgan fingerprint density at radius 3 is 2.28 bits per heavy atom. The van der Waals surface area contributed by atoms with Gasteiger partial charge in [0.05, 0.1) is 5.92 Å². The predicted octanol–water partition coefficient (Wildman–Crippen LogP) is 6.23. The summed E-state index contributed by atoms with van der Waals surface area (Å²) in [5.41, 5.74) is 1.08. The van der Waals surface area contributed by atoms with Gasteiger partial charge in [0.15, 0.2) is 0 Å². The minimum Gasteiger partial charge on any atom is -0.458 e. The van der Waals surface area contributed by atoms with E-state index in [0.717, 1.165) is 12.0 Å². The first-order chi connectivity index (χ1) is 12.1. The van der Waals surface area contributed by atoms with E-state index in [1.807, 2.05) is 20.8 Å². The van der Waals surface area contributed by atoms with Gasteiger partial charge in [0.25, 0.3) is 0 Å². The molecule has 4 aromatic carbocycles. The second-order valence-electron chi connectivity index (χ2n) is 6.90.